The number of nitro groups is 2. The highest BCUT2D eigenvalue weighted by atomic mass is 16.6. The first-order valence-electron chi connectivity index (χ1n) is 7.02. The minimum atomic E-state index is -0.429. The molecule has 0 amide bonds. The van der Waals surface area contributed by atoms with Gasteiger partial charge in [-0.15, -0.1) is 0 Å². The van der Waals surface area contributed by atoms with Crippen LogP contribution in [0.5, 0.6) is 0 Å². The first-order chi connectivity index (χ1) is 10.9. The summed E-state index contributed by atoms with van der Waals surface area (Å²) in [5, 5.41) is 22.1. The van der Waals surface area contributed by atoms with Crippen LogP contribution < -0.4 is 0 Å². The van der Waals surface area contributed by atoms with Crippen molar-refractivity contribution in [2.75, 3.05) is 0 Å². The third-order valence-corrected chi connectivity index (χ3v) is 3.99. The lowest BCUT2D eigenvalue weighted by atomic mass is 9.89. The van der Waals surface area contributed by atoms with Gasteiger partial charge in [0.25, 0.3) is 11.4 Å². The fourth-order valence-corrected chi connectivity index (χ4v) is 3.10. The lowest BCUT2D eigenvalue weighted by Crippen LogP contribution is -1.99. The summed E-state index contributed by atoms with van der Waals surface area (Å²) in [5.74, 6) is 0. The fraction of sp³-hybridized carbons (Fsp3) is 0.250. The van der Waals surface area contributed by atoms with E-state index in [-0.39, 0.29) is 24.6 Å². The molecule has 0 N–H and O–H groups in total. The number of nitro benzene ring substituents is 2. The van der Waals surface area contributed by atoms with Gasteiger partial charge in [-0.3, -0.25) is 20.2 Å². The number of benzene rings is 2. The largest absolute Gasteiger partial charge is 0.372 e. The van der Waals surface area contributed by atoms with Crippen LogP contribution in [0.3, 0.4) is 0 Å². The van der Waals surface area contributed by atoms with Gasteiger partial charge in [-0.2, -0.15) is 0 Å². The van der Waals surface area contributed by atoms with Crippen LogP contribution in [0, 0.1) is 34.1 Å². The van der Waals surface area contributed by atoms with Crippen LogP contribution >= 0.6 is 0 Å². The SMILES string of the molecule is Cc1cc([N+](=O)[O-])cc2c1-c1c(C)cc([N+](=O)[O-])cc1COC2. The summed E-state index contributed by atoms with van der Waals surface area (Å²) < 4.78 is 5.58. The number of fused-ring (bicyclic) bond motifs is 3. The molecule has 118 valence electrons. The monoisotopic (exact) mass is 314 g/mol. The molecule has 0 spiro atoms. The average Bonchev–Trinajstić information content (AvgIpc) is 2.66. The van der Waals surface area contributed by atoms with E-state index in [0.29, 0.717) is 0 Å². The fourth-order valence-electron chi connectivity index (χ4n) is 3.10. The van der Waals surface area contributed by atoms with Gasteiger partial charge < -0.3 is 4.74 Å². The van der Waals surface area contributed by atoms with Crippen LogP contribution in [0.25, 0.3) is 11.1 Å². The minimum absolute atomic E-state index is 0.0212. The smallest absolute Gasteiger partial charge is 0.270 e. The molecule has 1 aliphatic heterocycles. The summed E-state index contributed by atoms with van der Waals surface area (Å²) in [5.41, 5.74) is 4.77. The van der Waals surface area contributed by atoms with E-state index in [0.717, 1.165) is 33.4 Å². The van der Waals surface area contributed by atoms with Gasteiger partial charge in [-0.25, -0.2) is 0 Å². The Hall–Kier alpha value is -2.80. The number of hydrogen-bond donors (Lipinski definition) is 0. The third kappa shape index (κ3) is 2.55. The van der Waals surface area contributed by atoms with E-state index < -0.39 is 9.85 Å². The second-order valence-electron chi connectivity index (χ2n) is 5.60. The van der Waals surface area contributed by atoms with Crippen molar-refractivity contribution in [2.45, 2.75) is 27.1 Å². The lowest BCUT2D eigenvalue weighted by molar-refractivity contribution is -0.385. The number of aryl methyl sites for hydroxylation is 2. The number of ether oxygens (including phenoxy) is 1. The van der Waals surface area contributed by atoms with E-state index in [4.69, 9.17) is 4.74 Å². The molecule has 3 rings (SSSR count). The van der Waals surface area contributed by atoms with Crippen LogP contribution in [-0.4, -0.2) is 9.85 Å². The second-order valence-corrected chi connectivity index (χ2v) is 5.60. The lowest BCUT2D eigenvalue weighted by Gasteiger charge is -2.14. The molecule has 2 aromatic rings. The minimum Gasteiger partial charge on any atom is -0.372 e. The molecule has 0 fully saturated rings. The van der Waals surface area contributed by atoms with Crippen molar-refractivity contribution in [3.8, 4) is 11.1 Å². The molecule has 7 nitrogen and oxygen atoms in total. The van der Waals surface area contributed by atoms with E-state index in [9.17, 15) is 20.2 Å². The zero-order valence-corrected chi connectivity index (χ0v) is 12.7. The van der Waals surface area contributed by atoms with E-state index in [1.807, 2.05) is 13.8 Å². The normalized spacial score (nSPS) is 13.0. The average molecular weight is 314 g/mol. The van der Waals surface area contributed by atoms with Crippen LogP contribution in [-0.2, 0) is 18.0 Å². The molecule has 1 aliphatic rings. The van der Waals surface area contributed by atoms with Gasteiger partial charge in [0.05, 0.1) is 23.1 Å². The predicted molar refractivity (Wildman–Crippen MR) is 83.2 cm³/mol. The molecule has 0 bridgehead atoms. The van der Waals surface area contributed by atoms with Gasteiger partial charge in [0.1, 0.15) is 0 Å². The molecule has 2 aromatic carbocycles. The van der Waals surface area contributed by atoms with Crippen LogP contribution in [0.2, 0.25) is 0 Å². The highest BCUT2D eigenvalue weighted by molar-refractivity contribution is 5.79. The van der Waals surface area contributed by atoms with Crippen molar-refractivity contribution in [1.29, 1.82) is 0 Å². The van der Waals surface area contributed by atoms with Crippen LogP contribution in [0.1, 0.15) is 22.3 Å². The molecule has 1 heterocycles. The zero-order chi connectivity index (χ0) is 16.7. The van der Waals surface area contributed by atoms with Crippen molar-refractivity contribution >= 4 is 11.4 Å². The molecule has 7 heteroatoms. The summed E-state index contributed by atoms with van der Waals surface area (Å²) in [7, 11) is 0. The molecule has 0 aliphatic carbocycles. The van der Waals surface area contributed by atoms with Crippen LogP contribution in [0.4, 0.5) is 11.4 Å². The van der Waals surface area contributed by atoms with Gasteiger partial charge in [-0.1, -0.05) is 0 Å². The number of rotatable bonds is 2. The highest BCUT2D eigenvalue weighted by Gasteiger charge is 2.24. The zero-order valence-electron chi connectivity index (χ0n) is 12.7. The van der Waals surface area contributed by atoms with Crippen LogP contribution in [0.15, 0.2) is 24.3 Å². The summed E-state index contributed by atoms with van der Waals surface area (Å²) in [6, 6.07) is 6.07. The molecule has 0 radical (unpaired) electrons. The van der Waals surface area contributed by atoms with Crippen molar-refractivity contribution in [2.24, 2.45) is 0 Å². The Labute approximate surface area is 131 Å². The highest BCUT2D eigenvalue weighted by Crippen LogP contribution is 2.40. The van der Waals surface area contributed by atoms with E-state index >= 15 is 0 Å². The Balaban J connectivity index is 2.30. The standard InChI is InChI=1S/C16H14N2O5/c1-9-3-13(17(19)20)5-11-7-23-8-12-6-14(18(21)22)4-10(2)16(12)15(9)11/h3-6H,7-8H2,1-2H3. The molecule has 0 unspecified atom stereocenters. The summed E-state index contributed by atoms with van der Waals surface area (Å²) in [6.07, 6.45) is 0. The molecule has 0 saturated heterocycles. The number of hydrogen-bond acceptors (Lipinski definition) is 5. The summed E-state index contributed by atoms with van der Waals surface area (Å²) in [6.45, 7) is 4.09. The van der Waals surface area contributed by atoms with Gasteiger partial charge in [0.2, 0.25) is 0 Å². The molecular formula is C16H14N2O5. The number of non-ortho nitro benzene ring substituents is 2. The topological polar surface area (TPSA) is 95.5 Å². The first kappa shape index (κ1) is 15.1. The molecular weight excluding hydrogens is 300 g/mol. The van der Waals surface area contributed by atoms with Gasteiger partial charge in [0, 0.05) is 24.3 Å². The maximum atomic E-state index is 11.0. The van der Waals surface area contributed by atoms with E-state index in [2.05, 4.69) is 0 Å². The second kappa shape index (κ2) is 5.44. The Kier molecular flexibility index (Phi) is 3.57. The van der Waals surface area contributed by atoms with Gasteiger partial charge in [0.15, 0.2) is 0 Å². The Morgan fingerprint density at radius 1 is 0.826 bits per heavy atom. The van der Waals surface area contributed by atoms with Crippen molar-refractivity contribution in [1.82, 2.24) is 0 Å². The van der Waals surface area contributed by atoms with E-state index in [1.54, 1.807) is 0 Å². The molecule has 23 heavy (non-hydrogen) atoms. The van der Waals surface area contributed by atoms with Gasteiger partial charge in [-0.05, 0) is 47.2 Å². The maximum absolute atomic E-state index is 11.0. The Morgan fingerprint density at radius 2 is 1.22 bits per heavy atom. The van der Waals surface area contributed by atoms with Gasteiger partial charge >= 0.3 is 0 Å². The Morgan fingerprint density at radius 3 is 1.57 bits per heavy atom. The number of nitrogens with zero attached hydrogens (tertiary/aromatic N) is 2. The van der Waals surface area contributed by atoms with Crippen molar-refractivity contribution in [3.05, 3.63) is 66.7 Å². The predicted octanol–water partition coefficient (Wildman–Crippen LogP) is 3.82. The maximum Gasteiger partial charge on any atom is 0.270 e. The summed E-state index contributed by atoms with van der Waals surface area (Å²) in [4.78, 5) is 21.2. The quantitative estimate of drug-likeness (QED) is 0.620. The molecule has 0 saturated carbocycles. The summed E-state index contributed by atoms with van der Waals surface area (Å²) >= 11 is 0. The molecule has 0 atom stereocenters. The van der Waals surface area contributed by atoms with Crippen molar-refractivity contribution < 1.29 is 14.6 Å². The Bertz CT molecular complexity index is 775. The van der Waals surface area contributed by atoms with Crippen molar-refractivity contribution in [3.63, 3.8) is 0 Å². The van der Waals surface area contributed by atoms with E-state index in [1.165, 1.54) is 24.3 Å². The molecule has 0 aromatic heterocycles. The first-order valence-corrected chi connectivity index (χ1v) is 7.02. The third-order valence-electron chi connectivity index (χ3n) is 3.99.